The van der Waals surface area contributed by atoms with Crippen molar-refractivity contribution in [2.75, 3.05) is 25.0 Å². The van der Waals surface area contributed by atoms with Gasteiger partial charge in [-0.25, -0.2) is 12.8 Å². The fourth-order valence-corrected chi connectivity index (χ4v) is 4.62. The number of nitrogens with one attached hydrogen (secondary N) is 1. The normalized spacial score (nSPS) is 15.8. The van der Waals surface area contributed by atoms with Crippen LogP contribution in [-0.2, 0) is 14.8 Å². The molecule has 6 nitrogen and oxygen atoms in total. The Morgan fingerprint density at radius 2 is 1.83 bits per heavy atom. The first kappa shape index (κ1) is 21.3. The van der Waals surface area contributed by atoms with E-state index < -0.39 is 21.7 Å². The maximum absolute atomic E-state index is 13.3. The van der Waals surface area contributed by atoms with Crippen molar-refractivity contribution in [1.29, 1.82) is 0 Å². The van der Waals surface area contributed by atoms with Crippen molar-refractivity contribution >= 4 is 21.6 Å². The number of aryl methyl sites for hydroxylation is 1. The zero-order valence-electron chi connectivity index (χ0n) is 16.5. The van der Waals surface area contributed by atoms with E-state index in [0.717, 1.165) is 18.4 Å². The van der Waals surface area contributed by atoms with E-state index >= 15 is 0 Å². The summed E-state index contributed by atoms with van der Waals surface area (Å²) in [7, 11) is -3.52. The van der Waals surface area contributed by atoms with Gasteiger partial charge in [0.25, 0.3) is 5.91 Å². The van der Waals surface area contributed by atoms with Crippen LogP contribution in [0.3, 0.4) is 0 Å². The van der Waals surface area contributed by atoms with Gasteiger partial charge in [0.15, 0.2) is 6.61 Å². The minimum absolute atomic E-state index is 0.208. The standard InChI is InChI=1S/C21H25FN2O4S/c1-15-9-11-24(12-10-15)29(26,27)19-7-5-18(6-8-19)28-14-21(25)23-20-13-17(22)4-3-16(20)2/h3-8,13,15H,9-12,14H2,1-2H3,(H,23,25). The van der Waals surface area contributed by atoms with Gasteiger partial charge in [-0.15, -0.1) is 0 Å². The van der Waals surface area contributed by atoms with Gasteiger partial charge in [0, 0.05) is 18.8 Å². The number of amides is 1. The zero-order valence-corrected chi connectivity index (χ0v) is 17.3. The Hall–Kier alpha value is -2.45. The Balaban J connectivity index is 1.57. The number of ether oxygens (including phenoxy) is 1. The molecule has 1 aliphatic rings. The molecule has 1 aliphatic heterocycles. The van der Waals surface area contributed by atoms with Gasteiger partial charge in [0.05, 0.1) is 4.90 Å². The number of rotatable bonds is 6. The highest BCUT2D eigenvalue weighted by Crippen LogP contribution is 2.25. The molecule has 0 saturated carbocycles. The number of benzene rings is 2. The zero-order chi connectivity index (χ0) is 21.0. The molecule has 8 heteroatoms. The number of anilines is 1. The third-order valence-corrected chi connectivity index (χ3v) is 6.96. The van der Waals surface area contributed by atoms with E-state index in [1.807, 2.05) is 0 Å². The molecule has 0 aliphatic carbocycles. The summed E-state index contributed by atoms with van der Waals surface area (Å²) >= 11 is 0. The molecule has 0 unspecified atom stereocenters. The molecule has 1 amide bonds. The number of piperidine rings is 1. The maximum Gasteiger partial charge on any atom is 0.262 e. The summed E-state index contributed by atoms with van der Waals surface area (Å²) in [6, 6.07) is 10.2. The van der Waals surface area contributed by atoms with E-state index in [1.165, 1.54) is 40.7 Å². The molecule has 0 spiro atoms. The molecule has 1 heterocycles. The Morgan fingerprint density at radius 3 is 2.48 bits per heavy atom. The van der Waals surface area contributed by atoms with Crippen molar-refractivity contribution in [2.45, 2.75) is 31.6 Å². The molecule has 1 N–H and O–H groups in total. The molecule has 1 saturated heterocycles. The maximum atomic E-state index is 13.3. The van der Waals surface area contributed by atoms with E-state index in [2.05, 4.69) is 12.2 Å². The Labute approximate surface area is 170 Å². The number of nitrogens with zero attached hydrogens (tertiary/aromatic N) is 1. The highest BCUT2D eigenvalue weighted by Gasteiger charge is 2.27. The van der Waals surface area contributed by atoms with E-state index in [9.17, 15) is 17.6 Å². The van der Waals surface area contributed by atoms with Gasteiger partial charge in [0.1, 0.15) is 11.6 Å². The molecule has 1 fully saturated rings. The van der Waals surface area contributed by atoms with Gasteiger partial charge >= 0.3 is 0 Å². The second-order valence-corrected chi connectivity index (χ2v) is 9.29. The number of hydrogen-bond donors (Lipinski definition) is 1. The lowest BCUT2D eigenvalue weighted by atomic mass is 10.0. The fraction of sp³-hybridized carbons (Fsp3) is 0.381. The lowest BCUT2D eigenvalue weighted by Gasteiger charge is -2.29. The minimum atomic E-state index is -3.52. The summed E-state index contributed by atoms with van der Waals surface area (Å²) in [5.74, 6) is 0.0477. The van der Waals surface area contributed by atoms with Crippen LogP contribution in [0.1, 0.15) is 25.3 Å². The predicted octanol–water partition coefficient (Wildman–Crippen LogP) is 3.57. The van der Waals surface area contributed by atoms with Gasteiger partial charge in [0.2, 0.25) is 10.0 Å². The molecule has 2 aromatic carbocycles. The van der Waals surface area contributed by atoms with Crippen LogP contribution in [-0.4, -0.2) is 38.3 Å². The number of halogens is 1. The highest BCUT2D eigenvalue weighted by molar-refractivity contribution is 7.89. The number of carbonyl (C=O) groups is 1. The van der Waals surface area contributed by atoms with Crippen molar-refractivity contribution in [3.8, 4) is 5.75 Å². The second-order valence-electron chi connectivity index (χ2n) is 7.35. The summed E-state index contributed by atoms with van der Waals surface area (Å²) in [5.41, 5.74) is 1.12. The second kappa shape index (κ2) is 8.92. The van der Waals surface area contributed by atoms with Gasteiger partial charge in [-0.2, -0.15) is 4.31 Å². The third kappa shape index (κ3) is 5.33. The molecular formula is C21H25FN2O4S. The molecule has 0 radical (unpaired) electrons. The summed E-state index contributed by atoms with van der Waals surface area (Å²) in [4.78, 5) is 12.3. The van der Waals surface area contributed by atoms with Crippen LogP contribution in [0, 0.1) is 18.7 Å². The van der Waals surface area contributed by atoms with Gasteiger partial charge in [-0.1, -0.05) is 13.0 Å². The smallest absolute Gasteiger partial charge is 0.262 e. The quantitative estimate of drug-likeness (QED) is 0.775. The van der Waals surface area contributed by atoms with Crippen LogP contribution in [0.4, 0.5) is 10.1 Å². The van der Waals surface area contributed by atoms with Crippen molar-refractivity contribution in [3.05, 3.63) is 53.8 Å². The number of sulfonamides is 1. The first-order valence-electron chi connectivity index (χ1n) is 9.55. The molecule has 0 aromatic heterocycles. The SMILES string of the molecule is Cc1ccc(F)cc1NC(=O)COc1ccc(S(=O)(=O)N2CCC(C)CC2)cc1. The van der Waals surface area contributed by atoms with Crippen LogP contribution in [0.5, 0.6) is 5.75 Å². The monoisotopic (exact) mass is 420 g/mol. The van der Waals surface area contributed by atoms with Crippen molar-refractivity contribution in [2.24, 2.45) is 5.92 Å². The summed E-state index contributed by atoms with van der Waals surface area (Å²) in [6.45, 7) is 4.68. The van der Waals surface area contributed by atoms with Crippen LogP contribution in [0.15, 0.2) is 47.4 Å². The molecule has 3 rings (SSSR count). The fourth-order valence-electron chi connectivity index (χ4n) is 3.15. The van der Waals surface area contributed by atoms with Crippen LogP contribution in [0.25, 0.3) is 0 Å². The Bertz CT molecular complexity index is 969. The summed E-state index contributed by atoms with van der Waals surface area (Å²) in [5, 5.41) is 2.60. The first-order valence-corrected chi connectivity index (χ1v) is 11.0. The van der Waals surface area contributed by atoms with Gasteiger partial charge in [-0.3, -0.25) is 4.79 Å². The Kier molecular flexibility index (Phi) is 6.54. The van der Waals surface area contributed by atoms with Crippen molar-refractivity contribution in [1.82, 2.24) is 4.31 Å². The molecule has 2 aromatic rings. The van der Waals surface area contributed by atoms with Gasteiger partial charge < -0.3 is 10.1 Å². The highest BCUT2D eigenvalue weighted by atomic mass is 32.2. The molecule has 156 valence electrons. The van der Waals surface area contributed by atoms with Crippen LogP contribution >= 0.6 is 0 Å². The summed E-state index contributed by atoms with van der Waals surface area (Å²) < 4.78 is 45.7. The predicted molar refractivity (Wildman–Crippen MR) is 109 cm³/mol. The van der Waals surface area contributed by atoms with E-state index in [4.69, 9.17) is 4.74 Å². The lowest BCUT2D eigenvalue weighted by Crippen LogP contribution is -2.37. The van der Waals surface area contributed by atoms with E-state index in [-0.39, 0.29) is 11.5 Å². The topological polar surface area (TPSA) is 75.7 Å². The molecule has 0 atom stereocenters. The van der Waals surface area contributed by atoms with Gasteiger partial charge in [-0.05, 0) is 67.6 Å². The average Bonchev–Trinajstić information content (AvgIpc) is 2.70. The lowest BCUT2D eigenvalue weighted by molar-refractivity contribution is -0.118. The molecule has 29 heavy (non-hydrogen) atoms. The first-order chi connectivity index (χ1) is 13.8. The number of hydrogen-bond acceptors (Lipinski definition) is 4. The average molecular weight is 421 g/mol. The van der Waals surface area contributed by atoms with Crippen molar-refractivity contribution < 1.29 is 22.3 Å². The third-order valence-electron chi connectivity index (χ3n) is 5.05. The van der Waals surface area contributed by atoms with Crippen LogP contribution < -0.4 is 10.1 Å². The Morgan fingerprint density at radius 1 is 1.17 bits per heavy atom. The molecule has 0 bridgehead atoms. The minimum Gasteiger partial charge on any atom is -0.484 e. The number of carbonyl (C=O) groups excluding carboxylic acids is 1. The summed E-state index contributed by atoms with van der Waals surface area (Å²) in [6.07, 6.45) is 1.72. The van der Waals surface area contributed by atoms with E-state index in [0.29, 0.717) is 30.4 Å². The van der Waals surface area contributed by atoms with Crippen molar-refractivity contribution in [3.63, 3.8) is 0 Å². The molecular weight excluding hydrogens is 395 g/mol. The largest absolute Gasteiger partial charge is 0.484 e. The van der Waals surface area contributed by atoms with E-state index in [1.54, 1.807) is 13.0 Å². The van der Waals surface area contributed by atoms with Crippen LogP contribution in [0.2, 0.25) is 0 Å².